The summed E-state index contributed by atoms with van der Waals surface area (Å²) in [5, 5.41) is 12.2. The van der Waals surface area contributed by atoms with Crippen LogP contribution in [0.5, 0.6) is 5.75 Å². The lowest BCUT2D eigenvalue weighted by molar-refractivity contribution is 0.415. The van der Waals surface area contributed by atoms with E-state index >= 15 is 0 Å². The first-order valence-corrected chi connectivity index (χ1v) is 10.5. The molecule has 0 amide bonds. The van der Waals surface area contributed by atoms with Crippen LogP contribution >= 0.6 is 22.7 Å². The molecule has 7 nitrogen and oxygen atoms in total. The maximum atomic E-state index is 13.3. The average Bonchev–Trinajstić information content (AvgIpc) is 3.40. The summed E-state index contributed by atoms with van der Waals surface area (Å²) in [5.74, 6) is 0.600. The van der Waals surface area contributed by atoms with Gasteiger partial charge in [-0.15, -0.1) is 22.7 Å². The lowest BCUT2D eigenvalue weighted by Gasteiger charge is -2.05. The normalized spacial score (nSPS) is 11.1. The summed E-state index contributed by atoms with van der Waals surface area (Å²) in [7, 11) is 1.55. The molecule has 1 N–H and O–H groups in total. The van der Waals surface area contributed by atoms with Gasteiger partial charge in [0.25, 0.3) is 5.56 Å². The Bertz CT molecular complexity index is 1600. The van der Waals surface area contributed by atoms with Crippen LogP contribution in [0.3, 0.4) is 0 Å². The number of hydrogen-bond acceptors (Lipinski definition) is 7. The van der Waals surface area contributed by atoms with E-state index in [1.165, 1.54) is 28.9 Å². The summed E-state index contributed by atoms with van der Waals surface area (Å²) >= 11 is 2.71. The molecule has 146 valence electrons. The highest BCUT2D eigenvalue weighted by Gasteiger charge is 2.17. The summed E-state index contributed by atoms with van der Waals surface area (Å²) in [6.45, 7) is 0. The van der Waals surface area contributed by atoms with Gasteiger partial charge in [-0.3, -0.25) is 9.78 Å². The Kier molecular flexibility index (Phi) is 4.24. The first-order valence-electron chi connectivity index (χ1n) is 8.79. The number of methoxy groups -OCH3 is 1. The van der Waals surface area contributed by atoms with E-state index in [4.69, 9.17) is 4.74 Å². The topological polar surface area (TPSA) is 101 Å². The Morgan fingerprint density at radius 2 is 2.07 bits per heavy atom. The third kappa shape index (κ3) is 2.74. The van der Waals surface area contributed by atoms with Crippen molar-refractivity contribution >= 4 is 43.0 Å². The molecule has 0 unspecified atom stereocenters. The number of H-pyrrole nitrogens is 1. The van der Waals surface area contributed by atoms with Gasteiger partial charge in [0.05, 0.1) is 40.8 Å². The molecule has 5 rings (SSSR count). The van der Waals surface area contributed by atoms with E-state index in [2.05, 4.69) is 16.0 Å². The van der Waals surface area contributed by atoms with Crippen molar-refractivity contribution in [1.29, 1.82) is 5.26 Å². The molecule has 0 bridgehead atoms. The Hall–Kier alpha value is -3.74. The van der Waals surface area contributed by atoms with Crippen LogP contribution in [0, 0.1) is 11.3 Å². The molecule has 0 radical (unpaired) electrons. The Labute approximate surface area is 177 Å². The fourth-order valence-electron chi connectivity index (χ4n) is 3.37. The zero-order valence-electron chi connectivity index (χ0n) is 15.5. The molecule has 9 heteroatoms. The third-order valence-corrected chi connectivity index (χ3v) is 6.80. The number of fused-ring (bicyclic) bond motifs is 2. The molecule has 4 aromatic heterocycles. The standard InChI is InChI=1S/C21H12N4O3S2/c1-28-12-3-2-11(8-22)14(6-12)17-7-15-19(30-17)20(26)25(21(27)24-15)16-9-23-10-18-13(16)4-5-29-18/h2-7,9-10H,1H3,(H,24,27). The molecule has 0 aliphatic carbocycles. The molecule has 1 aromatic carbocycles. The zero-order chi connectivity index (χ0) is 20.8. The molecular formula is C21H12N4O3S2. The van der Waals surface area contributed by atoms with E-state index in [1.807, 2.05) is 11.4 Å². The van der Waals surface area contributed by atoms with Crippen LogP contribution in [0.25, 0.3) is 36.4 Å². The molecule has 0 aliphatic heterocycles. The largest absolute Gasteiger partial charge is 0.497 e. The van der Waals surface area contributed by atoms with Crippen LogP contribution in [-0.2, 0) is 0 Å². The minimum atomic E-state index is -0.538. The maximum absolute atomic E-state index is 13.3. The number of benzene rings is 1. The number of aromatic amines is 1. The molecule has 4 heterocycles. The monoisotopic (exact) mass is 432 g/mol. The van der Waals surface area contributed by atoms with Crippen molar-refractivity contribution in [2.24, 2.45) is 0 Å². The number of thiophene rings is 2. The second-order valence-electron chi connectivity index (χ2n) is 6.44. The van der Waals surface area contributed by atoms with E-state index in [0.29, 0.717) is 37.7 Å². The van der Waals surface area contributed by atoms with Crippen molar-refractivity contribution in [3.05, 3.63) is 74.5 Å². The van der Waals surface area contributed by atoms with Gasteiger partial charge in [0.15, 0.2) is 0 Å². The van der Waals surface area contributed by atoms with Crippen molar-refractivity contribution in [1.82, 2.24) is 14.5 Å². The number of ether oxygens (including phenoxy) is 1. The molecule has 0 atom stereocenters. The van der Waals surface area contributed by atoms with E-state index < -0.39 is 11.2 Å². The van der Waals surface area contributed by atoms with Gasteiger partial charge in [-0.25, -0.2) is 9.36 Å². The zero-order valence-corrected chi connectivity index (χ0v) is 17.1. The minimum Gasteiger partial charge on any atom is -0.497 e. The van der Waals surface area contributed by atoms with Crippen LogP contribution in [0.4, 0.5) is 0 Å². The molecule has 0 saturated heterocycles. The van der Waals surface area contributed by atoms with Crippen LogP contribution < -0.4 is 16.0 Å². The third-order valence-electron chi connectivity index (χ3n) is 4.79. The van der Waals surface area contributed by atoms with Crippen LogP contribution in [0.2, 0.25) is 0 Å². The predicted molar refractivity (Wildman–Crippen MR) is 118 cm³/mol. The molecular weight excluding hydrogens is 420 g/mol. The Morgan fingerprint density at radius 3 is 2.87 bits per heavy atom. The molecule has 5 aromatic rings. The molecule has 0 aliphatic rings. The van der Waals surface area contributed by atoms with Crippen molar-refractivity contribution in [2.75, 3.05) is 7.11 Å². The first-order chi connectivity index (χ1) is 14.6. The second kappa shape index (κ2) is 6.95. The fourth-order valence-corrected chi connectivity index (χ4v) is 5.21. The van der Waals surface area contributed by atoms with Crippen LogP contribution in [0.15, 0.2) is 57.7 Å². The lowest BCUT2D eigenvalue weighted by Crippen LogP contribution is -2.33. The minimum absolute atomic E-state index is 0.392. The average molecular weight is 432 g/mol. The number of nitrogens with zero attached hydrogens (tertiary/aromatic N) is 3. The van der Waals surface area contributed by atoms with Gasteiger partial charge in [-0.1, -0.05) is 0 Å². The highest BCUT2D eigenvalue weighted by atomic mass is 32.1. The molecule has 30 heavy (non-hydrogen) atoms. The SMILES string of the molecule is COc1ccc(C#N)c(-c2cc3[nH]c(=O)n(-c4cncc5sccc45)c(=O)c3s2)c1. The quantitative estimate of drug-likeness (QED) is 0.466. The van der Waals surface area contributed by atoms with Crippen molar-refractivity contribution in [3.8, 4) is 27.9 Å². The van der Waals surface area contributed by atoms with Crippen molar-refractivity contribution in [2.45, 2.75) is 0 Å². The Balaban J connectivity index is 1.78. The van der Waals surface area contributed by atoms with Gasteiger partial charge >= 0.3 is 5.69 Å². The molecule has 0 spiro atoms. The van der Waals surface area contributed by atoms with Crippen LogP contribution in [-0.4, -0.2) is 21.6 Å². The van der Waals surface area contributed by atoms with Gasteiger partial charge in [0.1, 0.15) is 10.4 Å². The Morgan fingerprint density at radius 1 is 1.20 bits per heavy atom. The van der Waals surface area contributed by atoms with E-state index in [1.54, 1.807) is 37.6 Å². The van der Waals surface area contributed by atoms with Crippen molar-refractivity contribution in [3.63, 3.8) is 0 Å². The van der Waals surface area contributed by atoms with Gasteiger partial charge < -0.3 is 9.72 Å². The first kappa shape index (κ1) is 18.3. The molecule has 0 fully saturated rings. The number of nitrogens with one attached hydrogen (secondary N) is 1. The van der Waals surface area contributed by atoms with E-state index in [9.17, 15) is 14.9 Å². The number of rotatable bonds is 3. The predicted octanol–water partition coefficient (Wildman–Crippen LogP) is 3.90. The van der Waals surface area contributed by atoms with Crippen LogP contribution in [0.1, 0.15) is 5.56 Å². The summed E-state index contributed by atoms with van der Waals surface area (Å²) in [6.07, 6.45) is 3.22. The van der Waals surface area contributed by atoms with Gasteiger partial charge in [0.2, 0.25) is 0 Å². The summed E-state index contributed by atoms with van der Waals surface area (Å²) in [5.41, 5.74) is 1.01. The maximum Gasteiger partial charge on any atom is 0.333 e. The highest BCUT2D eigenvalue weighted by molar-refractivity contribution is 7.22. The molecule has 0 saturated carbocycles. The number of pyridine rings is 1. The number of aromatic nitrogens is 3. The summed E-state index contributed by atoms with van der Waals surface area (Å²) < 4.78 is 7.66. The second-order valence-corrected chi connectivity index (χ2v) is 8.44. The number of hydrogen-bond donors (Lipinski definition) is 1. The van der Waals surface area contributed by atoms with Gasteiger partial charge in [-0.2, -0.15) is 5.26 Å². The van der Waals surface area contributed by atoms with E-state index in [-0.39, 0.29) is 0 Å². The highest BCUT2D eigenvalue weighted by Crippen LogP contribution is 2.35. The van der Waals surface area contributed by atoms with Crippen molar-refractivity contribution < 1.29 is 4.74 Å². The van der Waals surface area contributed by atoms with Gasteiger partial charge in [-0.05, 0) is 35.7 Å². The van der Waals surface area contributed by atoms with E-state index in [0.717, 1.165) is 14.7 Å². The summed E-state index contributed by atoms with van der Waals surface area (Å²) in [4.78, 5) is 33.7. The van der Waals surface area contributed by atoms with Gasteiger partial charge in [0, 0.05) is 22.0 Å². The number of nitriles is 1. The smallest absolute Gasteiger partial charge is 0.333 e. The lowest BCUT2D eigenvalue weighted by atomic mass is 10.1. The summed E-state index contributed by atoms with van der Waals surface area (Å²) in [6, 6.07) is 10.9. The fraction of sp³-hybridized carbons (Fsp3) is 0.0476.